The van der Waals surface area contributed by atoms with Crippen LogP contribution in [0.5, 0.6) is 0 Å². The van der Waals surface area contributed by atoms with Gasteiger partial charge >= 0.3 is 0 Å². The Morgan fingerprint density at radius 3 is 2.54 bits per heavy atom. The highest BCUT2D eigenvalue weighted by Gasteiger charge is 2.40. The third-order valence-electron chi connectivity index (χ3n) is 4.96. The summed E-state index contributed by atoms with van der Waals surface area (Å²) in [6.45, 7) is 0. The van der Waals surface area contributed by atoms with Crippen molar-refractivity contribution in [3.8, 4) is 0 Å². The Balaban J connectivity index is 1.81. The van der Waals surface area contributed by atoms with E-state index >= 15 is 0 Å². The molecule has 2 aromatic rings. The number of hydrogen-bond donors (Lipinski definition) is 1. The van der Waals surface area contributed by atoms with Crippen molar-refractivity contribution in [1.82, 2.24) is 0 Å². The van der Waals surface area contributed by atoms with Crippen LogP contribution in [0.1, 0.15) is 29.5 Å². The zero-order chi connectivity index (χ0) is 16.8. The van der Waals surface area contributed by atoms with Crippen LogP contribution in [0.15, 0.2) is 47.4 Å². The zero-order valence-corrected chi connectivity index (χ0v) is 16.1. The van der Waals surface area contributed by atoms with Crippen molar-refractivity contribution in [2.45, 2.75) is 23.3 Å². The van der Waals surface area contributed by atoms with Crippen molar-refractivity contribution < 1.29 is 0 Å². The van der Waals surface area contributed by atoms with Crippen LogP contribution >= 0.6 is 46.6 Å². The molecule has 124 valence electrons. The van der Waals surface area contributed by atoms with Crippen LogP contribution in [0, 0.1) is 5.92 Å². The van der Waals surface area contributed by atoms with Crippen molar-refractivity contribution in [3.63, 3.8) is 0 Å². The summed E-state index contributed by atoms with van der Waals surface area (Å²) in [6, 6.07) is 10.7. The Labute approximate surface area is 161 Å². The molecule has 2 aliphatic rings. The summed E-state index contributed by atoms with van der Waals surface area (Å²) in [6.07, 6.45) is 7.59. The Bertz CT molecular complexity index is 816. The Morgan fingerprint density at radius 2 is 1.83 bits per heavy atom. The van der Waals surface area contributed by atoms with Crippen LogP contribution in [0.2, 0.25) is 15.1 Å². The fraction of sp³-hybridized carbons (Fsp3) is 0.263. The van der Waals surface area contributed by atoms with Gasteiger partial charge in [-0.05, 0) is 42.4 Å². The number of fused-ring (bicyclic) bond motifs is 3. The minimum atomic E-state index is 0.211. The van der Waals surface area contributed by atoms with Gasteiger partial charge in [-0.3, -0.25) is 0 Å². The van der Waals surface area contributed by atoms with E-state index < -0.39 is 0 Å². The summed E-state index contributed by atoms with van der Waals surface area (Å²) >= 11 is 21.0. The first-order chi connectivity index (χ1) is 11.6. The first-order valence-electron chi connectivity index (χ1n) is 7.84. The SMILES string of the molecule is CSc1ccc(C2Nc3c(Cl)cc(Cl)c(Cl)c3C3C=CCC32)cc1. The minimum absolute atomic E-state index is 0.211. The number of allylic oxidation sites excluding steroid dienone is 2. The summed E-state index contributed by atoms with van der Waals surface area (Å²) in [5.41, 5.74) is 3.22. The number of benzene rings is 2. The number of hydrogen-bond acceptors (Lipinski definition) is 2. The smallest absolute Gasteiger partial charge is 0.0656 e. The third-order valence-corrected chi connectivity index (χ3v) is 6.80. The Morgan fingerprint density at radius 1 is 1.08 bits per heavy atom. The van der Waals surface area contributed by atoms with Crippen LogP contribution < -0.4 is 5.32 Å². The van der Waals surface area contributed by atoms with E-state index in [1.165, 1.54) is 10.5 Å². The normalized spacial score (nSPS) is 24.4. The van der Waals surface area contributed by atoms with Crippen molar-refractivity contribution in [2.24, 2.45) is 5.92 Å². The van der Waals surface area contributed by atoms with E-state index in [0.717, 1.165) is 17.7 Å². The molecule has 0 amide bonds. The fourth-order valence-electron chi connectivity index (χ4n) is 3.80. The maximum Gasteiger partial charge on any atom is 0.0656 e. The van der Waals surface area contributed by atoms with Crippen LogP contribution in [-0.4, -0.2) is 6.26 Å². The molecule has 0 spiro atoms. The Hall–Kier alpha value is -0.800. The van der Waals surface area contributed by atoms with Crippen LogP contribution in [0.25, 0.3) is 0 Å². The summed E-state index contributed by atoms with van der Waals surface area (Å²) in [7, 11) is 0. The second-order valence-electron chi connectivity index (χ2n) is 6.19. The van der Waals surface area contributed by atoms with Crippen molar-refractivity contribution in [3.05, 3.63) is 68.7 Å². The first kappa shape index (κ1) is 16.7. The highest BCUT2D eigenvalue weighted by molar-refractivity contribution is 7.98. The van der Waals surface area contributed by atoms with Crippen molar-refractivity contribution in [1.29, 1.82) is 0 Å². The fourth-order valence-corrected chi connectivity index (χ4v) is 5.02. The van der Waals surface area contributed by atoms with Gasteiger partial charge in [-0.15, -0.1) is 11.8 Å². The van der Waals surface area contributed by atoms with Gasteiger partial charge in [-0.1, -0.05) is 59.1 Å². The van der Waals surface area contributed by atoms with E-state index in [1.807, 2.05) is 0 Å². The quantitative estimate of drug-likeness (QED) is 0.327. The predicted molar refractivity (Wildman–Crippen MR) is 106 cm³/mol. The average molecular weight is 397 g/mol. The van der Waals surface area contributed by atoms with Crippen molar-refractivity contribution in [2.75, 3.05) is 11.6 Å². The lowest BCUT2D eigenvalue weighted by atomic mass is 9.77. The minimum Gasteiger partial charge on any atom is -0.376 e. The molecule has 1 aliphatic heterocycles. The molecule has 5 heteroatoms. The summed E-state index contributed by atoms with van der Waals surface area (Å²) in [4.78, 5) is 1.27. The standard InChI is InChI=1S/C19H16Cl3NS/c1-24-11-7-5-10(6-8-11)18-13-4-2-3-12(13)16-17(22)14(20)9-15(21)19(16)23-18/h2-3,5-9,12-13,18,23H,4H2,1H3. The molecule has 2 aromatic carbocycles. The lowest BCUT2D eigenvalue weighted by Crippen LogP contribution is -2.29. The molecule has 0 saturated heterocycles. The molecule has 1 heterocycles. The Kier molecular flexibility index (Phi) is 4.51. The largest absolute Gasteiger partial charge is 0.376 e. The van der Waals surface area contributed by atoms with Gasteiger partial charge in [0.15, 0.2) is 0 Å². The lowest BCUT2D eigenvalue weighted by Gasteiger charge is -2.38. The van der Waals surface area contributed by atoms with E-state index in [9.17, 15) is 0 Å². The van der Waals surface area contributed by atoms with Gasteiger partial charge in [0, 0.05) is 16.4 Å². The molecule has 0 radical (unpaired) electrons. The number of halogens is 3. The number of rotatable bonds is 2. The van der Waals surface area contributed by atoms with Gasteiger partial charge in [0.05, 0.1) is 26.8 Å². The van der Waals surface area contributed by atoms with Gasteiger partial charge in [0.25, 0.3) is 0 Å². The molecular formula is C19H16Cl3NS. The highest BCUT2D eigenvalue weighted by atomic mass is 35.5. The molecule has 0 saturated carbocycles. The maximum absolute atomic E-state index is 6.52. The molecule has 3 unspecified atom stereocenters. The van der Waals surface area contributed by atoms with E-state index in [-0.39, 0.29) is 12.0 Å². The molecule has 0 bridgehead atoms. The highest BCUT2D eigenvalue weighted by Crippen LogP contribution is 2.54. The van der Waals surface area contributed by atoms with E-state index in [1.54, 1.807) is 17.8 Å². The van der Waals surface area contributed by atoms with E-state index in [0.29, 0.717) is 21.0 Å². The number of nitrogens with one attached hydrogen (secondary N) is 1. The first-order valence-corrected chi connectivity index (χ1v) is 10.2. The van der Waals surface area contributed by atoms with Crippen molar-refractivity contribution >= 4 is 52.3 Å². The number of thioether (sulfide) groups is 1. The summed E-state index contributed by atoms with van der Waals surface area (Å²) in [5.74, 6) is 0.667. The lowest BCUT2D eigenvalue weighted by molar-refractivity contribution is 0.425. The second kappa shape index (κ2) is 6.49. The van der Waals surface area contributed by atoms with E-state index in [4.69, 9.17) is 34.8 Å². The van der Waals surface area contributed by atoms with Crippen LogP contribution in [-0.2, 0) is 0 Å². The van der Waals surface area contributed by atoms with Crippen LogP contribution in [0.4, 0.5) is 5.69 Å². The number of anilines is 1. The average Bonchev–Trinajstić information content (AvgIpc) is 3.08. The predicted octanol–water partition coefficient (Wildman–Crippen LogP) is 7.20. The van der Waals surface area contributed by atoms with Gasteiger partial charge in [0.2, 0.25) is 0 Å². The molecule has 1 N–H and O–H groups in total. The summed E-state index contributed by atoms with van der Waals surface area (Å²) < 4.78 is 0. The molecule has 0 aromatic heterocycles. The van der Waals surface area contributed by atoms with E-state index in [2.05, 4.69) is 48.0 Å². The van der Waals surface area contributed by atoms with Crippen LogP contribution in [0.3, 0.4) is 0 Å². The maximum atomic E-state index is 6.52. The second-order valence-corrected chi connectivity index (χ2v) is 8.26. The third kappa shape index (κ3) is 2.64. The zero-order valence-electron chi connectivity index (χ0n) is 13.0. The van der Waals surface area contributed by atoms with Gasteiger partial charge in [-0.2, -0.15) is 0 Å². The molecular weight excluding hydrogens is 381 g/mol. The monoisotopic (exact) mass is 395 g/mol. The molecule has 1 aliphatic carbocycles. The topological polar surface area (TPSA) is 12.0 Å². The van der Waals surface area contributed by atoms with Gasteiger partial charge in [0.1, 0.15) is 0 Å². The molecule has 3 atom stereocenters. The molecule has 4 rings (SSSR count). The van der Waals surface area contributed by atoms with Gasteiger partial charge in [-0.25, -0.2) is 0 Å². The molecule has 1 nitrogen and oxygen atoms in total. The molecule has 24 heavy (non-hydrogen) atoms. The van der Waals surface area contributed by atoms with Gasteiger partial charge < -0.3 is 5.32 Å². The molecule has 0 fully saturated rings. The summed E-state index contributed by atoms with van der Waals surface area (Å²) in [5, 5.41) is 5.40.